The number of fused-ring (bicyclic) bond motifs is 1. The van der Waals surface area contributed by atoms with Crippen molar-refractivity contribution < 1.29 is 17.9 Å². The molecule has 200 valence electrons. The van der Waals surface area contributed by atoms with Gasteiger partial charge in [0, 0.05) is 25.2 Å². The molecule has 8 nitrogen and oxygen atoms in total. The fraction of sp³-hybridized carbons (Fsp3) is 0.481. The van der Waals surface area contributed by atoms with Crippen molar-refractivity contribution in [2.75, 3.05) is 45.2 Å². The van der Waals surface area contributed by atoms with Gasteiger partial charge in [0.1, 0.15) is 0 Å². The van der Waals surface area contributed by atoms with Crippen molar-refractivity contribution in [3.63, 3.8) is 0 Å². The van der Waals surface area contributed by atoms with Crippen molar-refractivity contribution >= 4 is 42.6 Å². The summed E-state index contributed by atoms with van der Waals surface area (Å²) in [6.45, 7) is 9.83. The molecule has 1 amide bonds. The first-order valence-electron chi connectivity index (χ1n) is 12.6. The molecule has 10 heteroatoms. The average Bonchev–Trinajstić information content (AvgIpc) is 3.23. The summed E-state index contributed by atoms with van der Waals surface area (Å²) in [5.74, 6) is -0.191. The highest BCUT2D eigenvalue weighted by molar-refractivity contribution is 7.89. The van der Waals surface area contributed by atoms with E-state index in [2.05, 4.69) is 30.9 Å². The fourth-order valence-corrected chi connectivity index (χ4v) is 7.17. The maximum atomic E-state index is 13.7. The Morgan fingerprint density at radius 2 is 1.68 bits per heavy atom. The molecule has 0 N–H and O–H groups in total. The Bertz CT molecular complexity index is 1320. The molecule has 0 spiro atoms. The molecule has 1 aliphatic heterocycles. The molecule has 0 radical (unpaired) electrons. The molecule has 0 aliphatic carbocycles. The van der Waals surface area contributed by atoms with Crippen LogP contribution in [0, 0.1) is 13.8 Å². The average molecular weight is 545 g/mol. The number of aromatic nitrogens is 1. The van der Waals surface area contributed by atoms with Gasteiger partial charge in [-0.3, -0.25) is 9.69 Å². The molecule has 2 unspecified atom stereocenters. The van der Waals surface area contributed by atoms with Crippen LogP contribution in [0.4, 0.5) is 5.13 Å². The number of carbonyl (C=O) groups excluding carboxylic acids is 1. The number of ether oxygens (including phenoxy) is 1. The highest BCUT2D eigenvalue weighted by Gasteiger charge is 2.32. The lowest BCUT2D eigenvalue weighted by Gasteiger charge is -2.34. The lowest BCUT2D eigenvalue weighted by atomic mass is 10.1. The molecule has 1 aromatic heterocycles. The maximum absolute atomic E-state index is 13.7. The third-order valence-corrected chi connectivity index (χ3v) is 9.47. The summed E-state index contributed by atoms with van der Waals surface area (Å²) in [4.78, 5) is 22.4. The monoisotopic (exact) mass is 544 g/mol. The highest BCUT2D eigenvalue weighted by atomic mass is 32.2. The zero-order chi connectivity index (χ0) is 26.9. The molecule has 2 heterocycles. The zero-order valence-corrected chi connectivity index (χ0v) is 24.0. The SMILES string of the molecule is Cc1cc2nc(N(CCCN(C)C)C(=O)c3ccc(S(=O)(=O)N4CC(C)OC(C)C4)cc3)sc2cc1C. The van der Waals surface area contributed by atoms with Crippen LogP contribution in [-0.2, 0) is 14.8 Å². The minimum Gasteiger partial charge on any atom is -0.373 e. The number of benzene rings is 2. The van der Waals surface area contributed by atoms with Crippen LogP contribution >= 0.6 is 11.3 Å². The second-order valence-electron chi connectivity index (χ2n) is 10.1. The van der Waals surface area contributed by atoms with Gasteiger partial charge in [0.05, 0.1) is 27.3 Å². The number of aryl methyl sites for hydroxylation is 2. The van der Waals surface area contributed by atoms with Crippen molar-refractivity contribution in [3.8, 4) is 0 Å². The van der Waals surface area contributed by atoms with Crippen molar-refractivity contribution in [1.29, 1.82) is 0 Å². The quantitative estimate of drug-likeness (QED) is 0.420. The van der Waals surface area contributed by atoms with E-state index in [0.29, 0.717) is 30.3 Å². The van der Waals surface area contributed by atoms with Crippen LogP contribution in [-0.4, -0.2) is 81.0 Å². The first kappa shape index (κ1) is 27.7. The van der Waals surface area contributed by atoms with E-state index in [1.165, 1.54) is 33.3 Å². The van der Waals surface area contributed by atoms with Crippen molar-refractivity contribution in [2.24, 2.45) is 0 Å². The Morgan fingerprint density at radius 3 is 2.30 bits per heavy atom. The first-order valence-corrected chi connectivity index (χ1v) is 14.8. The second kappa shape index (κ2) is 11.2. The third-order valence-electron chi connectivity index (χ3n) is 6.58. The number of carbonyl (C=O) groups is 1. The smallest absolute Gasteiger partial charge is 0.260 e. The highest BCUT2D eigenvalue weighted by Crippen LogP contribution is 2.32. The summed E-state index contributed by atoms with van der Waals surface area (Å²) in [5.41, 5.74) is 3.66. The van der Waals surface area contributed by atoms with Gasteiger partial charge in [-0.05, 0) is 102 Å². The largest absolute Gasteiger partial charge is 0.373 e. The van der Waals surface area contributed by atoms with Crippen LogP contribution in [0.1, 0.15) is 41.8 Å². The number of morpholine rings is 1. The van der Waals surface area contributed by atoms with Gasteiger partial charge in [-0.25, -0.2) is 13.4 Å². The molecule has 1 aliphatic rings. The molecule has 0 saturated carbocycles. The Balaban J connectivity index is 1.61. The number of amides is 1. The Labute approximate surface area is 223 Å². The predicted molar refractivity (Wildman–Crippen MR) is 149 cm³/mol. The van der Waals surface area contributed by atoms with E-state index >= 15 is 0 Å². The van der Waals surface area contributed by atoms with Gasteiger partial charge in [0.25, 0.3) is 5.91 Å². The molecule has 3 aromatic rings. The van der Waals surface area contributed by atoms with Crippen molar-refractivity contribution in [3.05, 3.63) is 53.1 Å². The minimum absolute atomic E-state index is 0.170. The molecule has 2 aromatic carbocycles. The minimum atomic E-state index is -3.68. The molecule has 2 atom stereocenters. The zero-order valence-electron chi connectivity index (χ0n) is 22.4. The molecular formula is C27H36N4O4S2. The topological polar surface area (TPSA) is 83.1 Å². The summed E-state index contributed by atoms with van der Waals surface area (Å²) in [6, 6.07) is 10.4. The molecule has 1 fully saturated rings. The van der Waals surface area contributed by atoms with E-state index in [0.717, 1.165) is 28.7 Å². The van der Waals surface area contributed by atoms with Gasteiger partial charge in [-0.15, -0.1) is 0 Å². The summed E-state index contributed by atoms with van der Waals surface area (Å²) in [7, 11) is 0.330. The number of hydrogen-bond acceptors (Lipinski definition) is 7. The summed E-state index contributed by atoms with van der Waals surface area (Å²) < 4.78 is 34.7. The van der Waals surface area contributed by atoms with Crippen molar-refractivity contribution in [2.45, 2.75) is 51.2 Å². The van der Waals surface area contributed by atoms with Gasteiger partial charge in [0.2, 0.25) is 10.0 Å². The number of rotatable bonds is 8. The van der Waals surface area contributed by atoms with Crippen molar-refractivity contribution in [1.82, 2.24) is 14.2 Å². The van der Waals surface area contributed by atoms with E-state index in [-0.39, 0.29) is 23.0 Å². The summed E-state index contributed by atoms with van der Waals surface area (Å²) in [5, 5.41) is 0.650. The fourth-order valence-electron chi connectivity index (χ4n) is 4.51. The second-order valence-corrected chi connectivity index (χ2v) is 13.1. The molecule has 1 saturated heterocycles. The van der Waals surface area contributed by atoms with Gasteiger partial charge in [-0.2, -0.15) is 4.31 Å². The van der Waals surface area contributed by atoms with E-state index < -0.39 is 10.0 Å². The standard InChI is InChI=1S/C27H36N4O4S2/c1-18-14-24-25(15-19(18)2)36-27(28-24)31(13-7-12-29(5)6)26(32)22-8-10-23(11-9-22)37(33,34)30-16-20(3)35-21(4)17-30/h8-11,14-15,20-21H,7,12-13,16-17H2,1-6H3. The predicted octanol–water partition coefficient (Wildman–Crippen LogP) is 4.31. The lowest BCUT2D eigenvalue weighted by molar-refractivity contribution is -0.0440. The number of anilines is 1. The van der Waals surface area contributed by atoms with Crippen LogP contribution in [0.25, 0.3) is 10.2 Å². The van der Waals surface area contributed by atoms with Crippen LogP contribution in [0.15, 0.2) is 41.3 Å². The van der Waals surface area contributed by atoms with Crippen LogP contribution in [0.5, 0.6) is 0 Å². The Kier molecular flexibility index (Phi) is 8.35. The van der Waals surface area contributed by atoms with Crippen LogP contribution < -0.4 is 4.90 Å². The van der Waals surface area contributed by atoms with E-state index in [9.17, 15) is 13.2 Å². The molecule has 4 rings (SSSR count). The summed E-state index contributed by atoms with van der Waals surface area (Å²) in [6.07, 6.45) is 0.444. The van der Waals surface area contributed by atoms with Gasteiger partial charge in [-0.1, -0.05) is 11.3 Å². The molecule has 37 heavy (non-hydrogen) atoms. The van der Waals surface area contributed by atoms with E-state index in [4.69, 9.17) is 9.72 Å². The van der Waals surface area contributed by atoms with Crippen LogP contribution in [0.2, 0.25) is 0 Å². The Morgan fingerprint density at radius 1 is 1.05 bits per heavy atom. The Hall–Kier alpha value is -2.37. The van der Waals surface area contributed by atoms with Gasteiger partial charge < -0.3 is 9.64 Å². The normalized spacial score (nSPS) is 19.0. The van der Waals surface area contributed by atoms with E-state index in [1.54, 1.807) is 17.0 Å². The summed E-state index contributed by atoms with van der Waals surface area (Å²) >= 11 is 1.50. The number of nitrogens with zero attached hydrogens (tertiary/aromatic N) is 4. The number of thiazole rings is 1. The van der Waals surface area contributed by atoms with Gasteiger partial charge >= 0.3 is 0 Å². The number of hydrogen-bond donors (Lipinski definition) is 0. The van der Waals surface area contributed by atoms with Gasteiger partial charge in [0.15, 0.2) is 5.13 Å². The van der Waals surface area contributed by atoms with Crippen LogP contribution in [0.3, 0.4) is 0 Å². The first-order chi connectivity index (χ1) is 17.5. The number of sulfonamides is 1. The third kappa shape index (κ3) is 6.21. The molecular weight excluding hydrogens is 508 g/mol. The molecule has 0 bridgehead atoms. The lowest BCUT2D eigenvalue weighted by Crippen LogP contribution is -2.48. The maximum Gasteiger partial charge on any atom is 0.260 e. The van der Waals surface area contributed by atoms with E-state index in [1.807, 2.05) is 27.9 Å².